The average Bonchev–Trinajstić information content (AvgIpc) is 3.10. The molecular weight excluding hydrogens is 356 g/mol. The summed E-state index contributed by atoms with van der Waals surface area (Å²) < 4.78 is 17.1. The fraction of sp³-hybridized carbons (Fsp3) is 0.636. The van der Waals surface area contributed by atoms with Gasteiger partial charge in [-0.3, -0.25) is 4.98 Å². The molecule has 0 bridgehead atoms. The van der Waals surface area contributed by atoms with Gasteiger partial charge in [-0.25, -0.2) is 4.79 Å². The number of carbonyl (C=O) groups excluding carboxylic acids is 1. The van der Waals surface area contributed by atoms with Crippen LogP contribution in [0.15, 0.2) is 18.3 Å². The molecule has 2 atom stereocenters. The Morgan fingerprint density at radius 2 is 2.14 bits per heavy atom. The molecule has 1 saturated heterocycles. The van der Waals surface area contributed by atoms with E-state index in [0.29, 0.717) is 19.8 Å². The van der Waals surface area contributed by atoms with Crippen LogP contribution in [0.3, 0.4) is 0 Å². The molecule has 0 aliphatic carbocycles. The molecule has 0 radical (unpaired) electrons. The number of amides is 1. The van der Waals surface area contributed by atoms with Crippen LogP contribution in [0.25, 0.3) is 5.57 Å². The molecule has 6 heteroatoms. The quantitative estimate of drug-likeness (QED) is 0.781. The van der Waals surface area contributed by atoms with Crippen molar-refractivity contribution in [2.75, 3.05) is 26.9 Å². The zero-order chi connectivity index (χ0) is 20.5. The van der Waals surface area contributed by atoms with E-state index in [9.17, 15) is 4.79 Å². The third kappa shape index (κ3) is 4.08. The number of methoxy groups -OCH3 is 1. The second-order valence-corrected chi connectivity index (χ2v) is 8.71. The molecule has 1 unspecified atom stereocenters. The molecule has 0 saturated carbocycles. The van der Waals surface area contributed by atoms with Crippen LogP contribution in [0.4, 0.5) is 4.79 Å². The van der Waals surface area contributed by atoms with Gasteiger partial charge in [-0.05, 0) is 58.2 Å². The fourth-order valence-corrected chi connectivity index (χ4v) is 4.00. The first-order valence-corrected chi connectivity index (χ1v) is 9.96. The van der Waals surface area contributed by atoms with E-state index in [4.69, 9.17) is 19.2 Å². The number of hydrogen-bond donors (Lipinski definition) is 0. The highest BCUT2D eigenvalue weighted by molar-refractivity contribution is 5.75. The minimum atomic E-state index is -0.506. The van der Waals surface area contributed by atoms with Crippen molar-refractivity contribution < 1.29 is 19.0 Å². The summed E-state index contributed by atoms with van der Waals surface area (Å²) in [6.07, 6.45) is 5.27. The summed E-state index contributed by atoms with van der Waals surface area (Å²) in [5.74, 6) is 0. The minimum absolute atomic E-state index is 0.0515. The van der Waals surface area contributed by atoms with Crippen LogP contribution in [0.5, 0.6) is 0 Å². The van der Waals surface area contributed by atoms with E-state index in [1.807, 2.05) is 40.0 Å². The summed E-state index contributed by atoms with van der Waals surface area (Å²) in [5.41, 5.74) is 3.44. The largest absolute Gasteiger partial charge is 0.444 e. The summed E-state index contributed by atoms with van der Waals surface area (Å²) in [4.78, 5) is 19.0. The van der Waals surface area contributed by atoms with E-state index in [2.05, 4.69) is 13.0 Å². The van der Waals surface area contributed by atoms with Crippen molar-refractivity contribution in [3.8, 4) is 0 Å². The lowest BCUT2D eigenvalue weighted by atomic mass is 9.85. The molecule has 6 nitrogen and oxygen atoms in total. The molecule has 0 aromatic carbocycles. The molecule has 28 heavy (non-hydrogen) atoms. The third-order valence-electron chi connectivity index (χ3n) is 5.47. The van der Waals surface area contributed by atoms with Crippen LogP contribution in [0, 0.1) is 6.92 Å². The standard InChI is InChI=1S/C22H32N2O4/c1-15-7-10-23-19(22(26-6)9-12-27-14-22)18(15)17-8-11-24(16(2)13-17)20(25)28-21(3,4)5/h7,10,13,16H,8-9,11-12,14H2,1-6H3/t16-,22?/m1/s1. The monoisotopic (exact) mass is 388 g/mol. The van der Waals surface area contributed by atoms with Gasteiger partial charge in [-0.2, -0.15) is 0 Å². The van der Waals surface area contributed by atoms with Crippen molar-refractivity contribution in [1.29, 1.82) is 0 Å². The molecule has 0 N–H and O–H groups in total. The van der Waals surface area contributed by atoms with Crippen LogP contribution >= 0.6 is 0 Å². The number of pyridine rings is 1. The van der Waals surface area contributed by atoms with Gasteiger partial charge in [-0.15, -0.1) is 0 Å². The molecular formula is C22H32N2O4. The summed E-state index contributed by atoms with van der Waals surface area (Å²) in [6, 6.07) is 1.98. The Kier molecular flexibility index (Phi) is 5.82. The van der Waals surface area contributed by atoms with Gasteiger partial charge in [0, 0.05) is 38.4 Å². The first-order chi connectivity index (χ1) is 13.2. The Hall–Kier alpha value is -1.92. The third-order valence-corrected chi connectivity index (χ3v) is 5.47. The minimum Gasteiger partial charge on any atom is -0.444 e. The van der Waals surface area contributed by atoms with E-state index in [-0.39, 0.29) is 12.1 Å². The summed E-state index contributed by atoms with van der Waals surface area (Å²) in [6.45, 7) is 11.6. The smallest absolute Gasteiger partial charge is 0.410 e. The maximum Gasteiger partial charge on any atom is 0.410 e. The van der Waals surface area contributed by atoms with E-state index in [1.165, 1.54) is 5.57 Å². The average molecular weight is 389 g/mol. The second kappa shape index (κ2) is 7.84. The zero-order valence-corrected chi connectivity index (χ0v) is 17.9. The second-order valence-electron chi connectivity index (χ2n) is 8.71. The lowest BCUT2D eigenvalue weighted by molar-refractivity contribution is -0.0249. The number of ether oxygens (including phenoxy) is 3. The normalized spacial score (nSPS) is 25.6. The Morgan fingerprint density at radius 1 is 1.39 bits per heavy atom. The molecule has 2 aliphatic heterocycles. The first-order valence-electron chi connectivity index (χ1n) is 9.96. The van der Waals surface area contributed by atoms with Gasteiger partial charge in [0.05, 0.1) is 18.3 Å². The van der Waals surface area contributed by atoms with Crippen LogP contribution in [-0.4, -0.2) is 54.5 Å². The molecule has 1 fully saturated rings. The molecule has 2 aliphatic rings. The van der Waals surface area contributed by atoms with Crippen LogP contribution in [0.2, 0.25) is 0 Å². The van der Waals surface area contributed by atoms with Gasteiger partial charge < -0.3 is 19.1 Å². The predicted octanol–water partition coefficient (Wildman–Crippen LogP) is 4.06. The maximum absolute atomic E-state index is 12.5. The summed E-state index contributed by atoms with van der Waals surface area (Å²) in [7, 11) is 1.73. The zero-order valence-electron chi connectivity index (χ0n) is 17.9. The lowest BCUT2D eigenvalue weighted by Gasteiger charge is -2.35. The maximum atomic E-state index is 12.5. The highest BCUT2D eigenvalue weighted by Crippen LogP contribution is 2.40. The molecule has 0 spiro atoms. The highest BCUT2D eigenvalue weighted by atomic mass is 16.6. The van der Waals surface area contributed by atoms with Crippen molar-refractivity contribution in [2.24, 2.45) is 0 Å². The van der Waals surface area contributed by atoms with Gasteiger partial charge in [0.2, 0.25) is 0 Å². The van der Waals surface area contributed by atoms with Crippen LogP contribution in [-0.2, 0) is 19.8 Å². The van der Waals surface area contributed by atoms with E-state index < -0.39 is 11.2 Å². The highest BCUT2D eigenvalue weighted by Gasteiger charge is 2.41. The summed E-state index contributed by atoms with van der Waals surface area (Å²) >= 11 is 0. The Morgan fingerprint density at radius 3 is 2.71 bits per heavy atom. The van der Waals surface area contributed by atoms with Crippen molar-refractivity contribution in [3.05, 3.63) is 35.2 Å². The van der Waals surface area contributed by atoms with Crippen LogP contribution in [0.1, 0.15) is 57.4 Å². The van der Waals surface area contributed by atoms with Gasteiger partial charge in [0.25, 0.3) is 0 Å². The fourth-order valence-electron chi connectivity index (χ4n) is 4.00. The predicted molar refractivity (Wildman–Crippen MR) is 108 cm³/mol. The number of rotatable bonds is 3. The Labute approximate surface area is 167 Å². The molecule has 3 rings (SSSR count). The van der Waals surface area contributed by atoms with Gasteiger partial charge in [-0.1, -0.05) is 6.08 Å². The number of carbonyl (C=O) groups is 1. The molecule has 1 amide bonds. The van der Waals surface area contributed by atoms with Crippen molar-refractivity contribution >= 4 is 11.7 Å². The number of aryl methyl sites for hydroxylation is 1. The van der Waals surface area contributed by atoms with Crippen molar-refractivity contribution in [1.82, 2.24) is 9.88 Å². The van der Waals surface area contributed by atoms with Gasteiger partial charge in [0.1, 0.15) is 11.2 Å². The topological polar surface area (TPSA) is 60.9 Å². The van der Waals surface area contributed by atoms with E-state index in [0.717, 1.165) is 29.7 Å². The molecule has 154 valence electrons. The number of nitrogens with zero attached hydrogens (tertiary/aromatic N) is 2. The lowest BCUT2D eigenvalue weighted by Crippen LogP contribution is -2.44. The van der Waals surface area contributed by atoms with Crippen LogP contribution < -0.4 is 0 Å². The Bertz CT molecular complexity index is 760. The Balaban J connectivity index is 1.93. The van der Waals surface area contributed by atoms with E-state index in [1.54, 1.807) is 12.0 Å². The van der Waals surface area contributed by atoms with Crippen molar-refractivity contribution in [3.63, 3.8) is 0 Å². The first kappa shape index (κ1) is 20.8. The van der Waals surface area contributed by atoms with E-state index >= 15 is 0 Å². The summed E-state index contributed by atoms with van der Waals surface area (Å²) in [5, 5.41) is 0. The molecule has 1 aromatic heterocycles. The van der Waals surface area contributed by atoms with Gasteiger partial charge in [0.15, 0.2) is 0 Å². The van der Waals surface area contributed by atoms with Crippen molar-refractivity contribution in [2.45, 2.75) is 64.7 Å². The SMILES string of the molecule is COC1(c2nccc(C)c2C2=C[C@@H](C)N(C(=O)OC(C)(C)C)CC2)CCOC1. The van der Waals surface area contributed by atoms with Gasteiger partial charge >= 0.3 is 6.09 Å². The number of hydrogen-bond acceptors (Lipinski definition) is 5. The molecule has 3 heterocycles. The number of aromatic nitrogens is 1. The molecule has 1 aromatic rings.